The molecule has 0 saturated carbocycles. The van der Waals surface area contributed by atoms with Crippen LogP contribution in [0.2, 0.25) is 0 Å². The van der Waals surface area contributed by atoms with Gasteiger partial charge < -0.3 is 20.8 Å². The van der Waals surface area contributed by atoms with Gasteiger partial charge in [0.05, 0.1) is 33.5 Å². The minimum absolute atomic E-state index is 0. The van der Waals surface area contributed by atoms with Gasteiger partial charge in [0.1, 0.15) is 0 Å². The molecule has 0 fully saturated rings. The van der Waals surface area contributed by atoms with Crippen molar-refractivity contribution in [2.24, 2.45) is 10.8 Å². The largest absolute Gasteiger partial charge is 0.392 e. The molecular formula is C56H80N2O7S2. The van der Waals surface area contributed by atoms with Crippen molar-refractivity contribution in [3.05, 3.63) is 119 Å². The van der Waals surface area contributed by atoms with Gasteiger partial charge >= 0.3 is 0 Å². The number of amides is 1. The molecule has 368 valence electrons. The Labute approximate surface area is 403 Å². The second-order valence-corrected chi connectivity index (χ2v) is 23.6. The summed E-state index contributed by atoms with van der Waals surface area (Å²) in [4.78, 5) is 13.6. The molecule has 67 heavy (non-hydrogen) atoms. The van der Waals surface area contributed by atoms with Crippen molar-refractivity contribution in [2.75, 3.05) is 28.7 Å². The second kappa shape index (κ2) is 24.5. The van der Waals surface area contributed by atoms with E-state index in [1.54, 1.807) is 24.3 Å². The van der Waals surface area contributed by atoms with Crippen molar-refractivity contribution in [2.45, 2.75) is 178 Å². The van der Waals surface area contributed by atoms with Crippen LogP contribution in [-0.2, 0) is 24.5 Å². The van der Waals surface area contributed by atoms with Crippen molar-refractivity contribution in [3.8, 4) is 0 Å². The predicted octanol–water partition coefficient (Wildman–Crippen LogP) is 12.6. The van der Waals surface area contributed by atoms with Crippen molar-refractivity contribution in [3.63, 3.8) is 0 Å². The van der Waals surface area contributed by atoms with Crippen LogP contribution in [0.5, 0.6) is 0 Å². The third kappa shape index (κ3) is 13.2. The molecule has 4 aromatic carbocycles. The lowest BCUT2D eigenvalue weighted by Gasteiger charge is -2.39. The highest BCUT2D eigenvalue weighted by Crippen LogP contribution is 2.50. The molecule has 0 bridgehead atoms. The molecule has 11 heteroatoms. The third-order valence-electron chi connectivity index (χ3n) is 14.7. The number of nitrogens with one attached hydrogen (secondary N) is 2. The van der Waals surface area contributed by atoms with Gasteiger partial charge in [-0.05, 0) is 84.7 Å². The molecule has 0 unspecified atom stereocenters. The van der Waals surface area contributed by atoms with Gasteiger partial charge in [0, 0.05) is 47.0 Å². The van der Waals surface area contributed by atoms with Gasteiger partial charge in [-0.25, -0.2) is 16.8 Å². The van der Waals surface area contributed by atoms with Gasteiger partial charge in [0.2, 0.25) is 5.91 Å². The van der Waals surface area contributed by atoms with Crippen LogP contribution in [0.1, 0.15) is 178 Å². The zero-order valence-corrected chi connectivity index (χ0v) is 41.6. The Balaban J connectivity index is 0.00000840. The molecule has 0 radical (unpaired) electrons. The zero-order chi connectivity index (χ0) is 47.4. The van der Waals surface area contributed by atoms with Crippen LogP contribution in [0.4, 0.5) is 11.4 Å². The molecule has 0 aliphatic carbocycles. The average Bonchev–Trinajstić information content (AvgIpc) is 3.42. The highest BCUT2D eigenvalue weighted by Gasteiger charge is 2.49. The van der Waals surface area contributed by atoms with Crippen molar-refractivity contribution in [1.82, 2.24) is 0 Å². The van der Waals surface area contributed by atoms with Gasteiger partial charge in [-0.2, -0.15) is 0 Å². The number of carbonyl (C=O) groups is 1. The Morgan fingerprint density at radius 1 is 0.597 bits per heavy atom. The average molecular weight is 957 g/mol. The number of rotatable bonds is 23. The van der Waals surface area contributed by atoms with Crippen LogP contribution < -0.4 is 10.6 Å². The van der Waals surface area contributed by atoms with Crippen LogP contribution in [0.15, 0.2) is 107 Å². The Morgan fingerprint density at radius 3 is 1.73 bits per heavy atom. The Kier molecular flexibility index (Phi) is 19.7. The van der Waals surface area contributed by atoms with Gasteiger partial charge in [0.15, 0.2) is 19.7 Å². The minimum Gasteiger partial charge on any atom is -0.392 e. The number of benzene rings is 4. The summed E-state index contributed by atoms with van der Waals surface area (Å²) in [7, 11) is -7.39. The van der Waals surface area contributed by atoms with E-state index in [4.69, 9.17) is 0 Å². The third-order valence-corrected chi connectivity index (χ3v) is 18.7. The summed E-state index contributed by atoms with van der Waals surface area (Å²) in [5.74, 6) is -1.28. The number of hydrogen-bond donors (Lipinski definition) is 4. The number of aliphatic hydroxyl groups is 2. The van der Waals surface area contributed by atoms with Crippen LogP contribution in [0.3, 0.4) is 0 Å². The van der Waals surface area contributed by atoms with E-state index >= 15 is 0 Å². The number of aliphatic hydroxyl groups excluding tert-OH is 2. The molecule has 6 atom stereocenters. The van der Waals surface area contributed by atoms with Gasteiger partial charge in [-0.3, -0.25) is 4.79 Å². The first-order chi connectivity index (χ1) is 31.7. The Bertz CT molecular complexity index is 2410. The number of carbonyl (C=O) groups excluding carboxylic acids is 1. The molecule has 2 heterocycles. The first kappa shape index (κ1) is 53.9. The van der Waals surface area contributed by atoms with Crippen molar-refractivity contribution >= 4 is 37.0 Å². The molecule has 9 nitrogen and oxygen atoms in total. The lowest BCUT2D eigenvalue weighted by atomic mass is 9.69. The maximum absolute atomic E-state index is 14.0. The number of sulfone groups is 2. The van der Waals surface area contributed by atoms with Gasteiger partial charge in [-0.15, -0.1) is 0 Å². The maximum atomic E-state index is 14.0. The molecule has 4 aromatic rings. The lowest BCUT2D eigenvalue weighted by molar-refractivity contribution is -0.116. The number of hydrogen-bond acceptors (Lipinski definition) is 8. The first-order valence-corrected chi connectivity index (χ1v) is 28.2. The topological polar surface area (TPSA) is 150 Å². The number of anilines is 2. The van der Waals surface area contributed by atoms with E-state index in [1.807, 2.05) is 86.6 Å². The zero-order valence-electron chi connectivity index (χ0n) is 39.9. The van der Waals surface area contributed by atoms with Gasteiger partial charge in [-0.1, -0.05) is 172 Å². The molecule has 0 saturated heterocycles. The fourth-order valence-electron chi connectivity index (χ4n) is 10.7. The van der Waals surface area contributed by atoms with E-state index in [2.05, 4.69) is 24.5 Å². The van der Waals surface area contributed by atoms with E-state index in [0.717, 1.165) is 107 Å². The molecular weight excluding hydrogens is 877 g/mol. The van der Waals surface area contributed by atoms with E-state index in [1.165, 1.54) is 0 Å². The fourth-order valence-corrected chi connectivity index (χ4v) is 15.2. The molecule has 0 aromatic heterocycles. The molecule has 0 spiro atoms. The SMILES string of the molecule is C.CCCC[C@]1(C)CS(=O)(=O)c2cc(NC(=O)CCCCCCCCCCCNc3ccc4c(c3)[C@@H](c3ccccc3)[C@@H](O)[C@](CC)(CCCC)CS4(=O)=O)ccc2[C@@H](c2ccccc2)[C@H]1O. The number of fused-ring (bicyclic) bond motifs is 2. The normalized spacial score (nSPS) is 24.0. The van der Waals surface area contributed by atoms with Gasteiger partial charge in [0.25, 0.3) is 0 Å². The smallest absolute Gasteiger partial charge is 0.224 e. The summed E-state index contributed by atoms with van der Waals surface area (Å²) in [6.45, 7) is 8.86. The number of unbranched alkanes of at least 4 members (excludes halogenated alkanes) is 10. The molecule has 4 N–H and O–H groups in total. The summed E-state index contributed by atoms with van der Waals surface area (Å²) in [6.07, 6.45) is 13.4. The summed E-state index contributed by atoms with van der Waals surface area (Å²) in [5, 5.41) is 30.5. The summed E-state index contributed by atoms with van der Waals surface area (Å²) >= 11 is 0. The van der Waals surface area contributed by atoms with Crippen molar-refractivity contribution in [1.29, 1.82) is 0 Å². The molecule has 6 rings (SSSR count). The Hall–Kier alpha value is -4.03. The molecule has 2 aliphatic heterocycles. The van der Waals surface area contributed by atoms with Crippen LogP contribution >= 0.6 is 0 Å². The minimum atomic E-state index is -3.76. The summed E-state index contributed by atoms with van der Waals surface area (Å²) in [5.41, 5.74) is 2.84. The standard InChI is InChI=1S/C55H76N2O7S2.CH4/c1-5-8-34-54(4)39-65(61,62)48-38-44(30-32-45(48)50(52(54)59)41-25-19-17-20-26-41)57-49(58)29-23-15-13-11-10-12-14-16-24-36-56-43-31-33-47-46(37-43)51(42-27-21-18-22-28-42)53(60)55(7-3,35-9-6-2)40-66(47,63)64;/h17-22,25-28,30-33,37-38,50-53,56,59-60H,5-16,23-24,29,34-36,39-40H2,1-4H3,(H,57,58);1H4/t50-,51-,52-,53-,54-,55-;/m1./s1. The van der Waals surface area contributed by atoms with E-state index in [-0.39, 0.29) is 29.7 Å². The monoisotopic (exact) mass is 957 g/mol. The van der Waals surface area contributed by atoms with E-state index in [0.29, 0.717) is 47.4 Å². The summed E-state index contributed by atoms with van der Waals surface area (Å²) in [6, 6.07) is 30.2. The molecule has 1 amide bonds. The predicted molar refractivity (Wildman–Crippen MR) is 275 cm³/mol. The lowest BCUT2D eigenvalue weighted by Crippen LogP contribution is -2.42. The van der Waals surface area contributed by atoms with Crippen LogP contribution in [-0.4, -0.2) is 63.2 Å². The van der Waals surface area contributed by atoms with Crippen LogP contribution in [0.25, 0.3) is 0 Å². The van der Waals surface area contributed by atoms with E-state index in [9.17, 15) is 31.8 Å². The maximum Gasteiger partial charge on any atom is 0.224 e. The first-order valence-electron chi connectivity index (χ1n) is 24.9. The quantitative estimate of drug-likeness (QED) is 0.0537. The molecule has 2 aliphatic rings. The van der Waals surface area contributed by atoms with Crippen molar-refractivity contribution < 1.29 is 31.8 Å². The Morgan fingerprint density at radius 2 is 1.13 bits per heavy atom. The highest BCUT2D eigenvalue weighted by molar-refractivity contribution is 7.91. The second-order valence-electron chi connectivity index (χ2n) is 19.7. The summed E-state index contributed by atoms with van der Waals surface area (Å²) < 4.78 is 55.9. The van der Waals surface area contributed by atoms with E-state index < -0.39 is 54.5 Å². The highest BCUT2D eigenvalue weighted by atomic mass is 32.2. The fraction of sp³-hybridized carbons (Fsp3) is 0.554. The van der Waals surface area contributed by atoms with Crippen LogP contribution in [0, 0.1) is 10.8 Å².